The third-order valence-electron chi connectivity index (χ3n) is 1.80. The predicted molar refractivity (Wildman–Crippen MR) is 48.3 cm³/mol. The first-order valence-corrected chi connectivity index (χ1v) is 3.94. The smallest absolute Gasteiger partial charge is 0.235 e. The second kappa shape index (κ2) is 3.05. The molecule has 0 aliphatic carbocycles. The summed E-state index contributed by atoms with van der Waals surface area (Å²) in [5.74, 6) is 0.971. The average Bonchev–Trinajstić information content (AvgIpc) is 2.27. The van der Waals surface area contributed by atoms with Gasteiger partial charge in [0.1, 0.15) is 5.69 Å². The molecule has 0 unspecified atom stereocenters. The van der Waals surface area contributed by atoms with E-state index in [4.69, 9.17) is 10.5 Å². The summed E-state index contributed by atoms with van der Waals surface area (Å²) in [6.45, 7) is 4.11. The van der Waals surface area contributed by atoms with Crippen molar-refractivity contribution in [2.45, 2.75) is 19.8 Å². The van der Waals surface area contributed by atoms with Crippen LogP contribution in [0, 0.1) is 0 Å². The number of nitrogens with two attached hydrogens (primary N) is 1. The second-order valence-electron chi connectivity index (χ2n) is 3.09. The first-order chi connectivity index (χ1) is 5.57. The van der Waals surface area contributed by atoms with Crippen LogP contribution in [0.5, 0.6) is 5.88 Å². The summed E-state index contributed by atoms with van der Waals surface area (Å²) < 4.78 is 6.74. The Kier molecular flexibility index (Phi) is 2.26. The van der Waals surface area contributed by atoms with Crippen LogP contribution in [0.4, 0.5) is 5.69 Å². The third-order valence-corrected chi connectivity index (χ3v) is 1.80. The average molecular weight is 169 g/mol. The topological polar surface area (TPSA) is 53.1 Å². The van der Waals surface area contributed by atoms with Gasteiger partial charge in [-0.25, -0.2) is 4.68 Å². The molecule has 2 N–H and O–H groups in total. The number of aromatic nitrogens is 2. The zero-order valence-electron chi connectivity index (χ0n) is 7.96. The van der Waals surface area contributed by atoms with Crippen molar-refractivity contribution in [3.63, 3.8) is 0 Å². The Morgan fingerprint density at radius 2 is 2.08 bits per heavy atom. The number of nitrogen functional groups attached to an aromatic ring is 1. The van der Waals surface area contributed by atoms with Gasteiger partial charge >= 0.3 is 0 Å². The van der Waals surface area contributed by atoms with Crippen LogP contribution >= 0.6 is 0 Å². The van der Waals surface area contributed by atoms with E-state index >= 15 is 0 Å². The molecular weight excluding hydrogens is 154 g/mol. The molecule has 0 aliphatic heterocycles. The molecule has 4 nitrogen and oxygen atoms in total. The summed E-state index contributed by atoms with van der Waals surface area (Å²) in [5, 5.41) is 4.25. The molecule has 1 heterocycles. The molecule has 0 aromatic carbocycles. The zero-order chi connectivity index (χ0) is 9.30. The van der Waals surface area contributed by atoms with Gasteiger partial charge in [0, 0.05) is 7.05 Å². The summed E-state index contributed by atoms with van der Waals surface area (Å²) in [4.78, 5) is 0. The summed E-state index contributed by atoms with van der Waals surface area (Å²) >= 11 is 0. The molecule has 0 saturated carbocycles. The minimum absolute atomic E-state index is 0.333. The number of aryl methyl sites for hydroxylation is 1. The molecule has 68 valence electrons. The highest BCUT2D eigenvalue weighted by atomic mass is 16.5. The highest BCUT2D eigenvalue weighted by Crippen LogP contribution is 2.28. The molecule has 1 aromatic rings. The third kappa shape index (κ3) is 1.24. The van der Waals surface area contributed by atoms with Crippen molar-refractivity contribution >= 4 is 5.69 Å². The molecule has 0 fully saturated rings. The molecule has 0 saturated heterocycles. The van der Waals surface area contributed by atoms with E-state index in [2.05, 4.69) is 18.9 Å². The van der Waals surface area contributed by atoms with Crippen LogP contribution < -0.4 is 10.5 Å². The van der Waals surface area contributed by atoms with Crippen molar-refractivity contribution in [2.75, 3.05) is 12.8 Å². The van der Waals surface area contributed by atoms with Crippen LogP contribution in [-0.2, 0) is 7.05 Å². The Labute approximate surface area is 72.3 Å². The van der Waals surface area contributed by atoms with Crippen molar-refractivity contribution < 1.29 is 4.74 Å². The van der Waals surface area contributed by atoms with Crippen LogP contribution in [0.2, 0.25) is 0 Å². The van der Waals surface area contributed by atoms with E-state index in [9.17, 15) is 0 Å². The molecule has 0 bridgehead atoms. The number of hydrogen-bond acceptors (Lipinski definition) is 3. The molecule has 12 heavy (non-hydrogen) atoms. The molecule has 0 amide bonds. The quantitative estimate of drug-likeness (QED) is 0.722. The van der Waals surface area contributed by atoms with Crippen molar-refractivity contribution in [2.24, 2.45) is 7.05 Å². The van der Waals surface area contributed by atoms with E-state index in [1.807, 2.05) is 7.05 Å². The lowest BCUT2D eigenvalue weighted by Crippen LogP contribution is -1.96. The minimum Gasteiger partial charge on any atom is -0.480 e. The molecule has 1 aromatic heterocycles. The zero-order valence-corrected chi connectivity index (χ0v) is 7.96. The normalized spacial score (nSPS) is 10.8. The van der Waals surface area contributed by atoms with Gasteiger partial charge in [0.2, 0.25) is 5.88 Å². The molecular formula is C8H15N3O. The van der Waals surface area contributed by atoms with Gasteiger partial charge in [0.25, 0.3) is 0 Å². The predicted octanol–water partition coefficient (Wildman–Crippen LogP) is 1.13. The van der Waals surface area contributed by atoms with Gasteiger partial charge in [-0.1, -0.05) is 13.8 Å². The van der Waals surface area contributed by atoms with E-state index in [1.165, 1.54) is 0 Å². The van der Waals surface area contributed by atoms with Gasteiger partial charge in [0.15, 0.2) is 0 Å². The van der Waals surface area contributed by atoms with E-state index in [0.29, 0.717) is 17.5 Å². The van der Waals surface area contributed by atoms with Gasteiger partial charge in [-0.15, -0.1) is 0 Å². The number of nitrogens with zero attached hydrogens (tertiary/aromatic N) is 2. The highest BCUT2D eigenvalue weighted by Gasteiger charge is 2.15. The van der Waals surface area contributed by atoms with E-state index in [0.717, 1.165) is 5.69 Å². The van der Waals surface area contributed by atoms with Gasteiger partial charge in [0.05, 0.1) is 12.8 Å². The Bertz CT molecular complexity index is 278. The van der Waals surface area contributed by atoms with E-state index < -0.39 is 0 Å². The fourth-order valence-corrected chi connectivity index (χ4v) is 1.21. The Hall–Kier alpha value is -1.19. The molecule has 4 heteroatoms. The van der Waals surface area contributed by atoms with E-state index in [1.54, 1.807) is 11.8 Å². The van der Waals surface area contributed by atoms with Crippen LogP contribution in [0.25, 0.3) is 0 Å². The number of hydrogen-bond donors (Lipinski definition) is 1. The maximum Gasteiger partial charge on any atom is 0.235 e. The summed E-state index contributed by atoms with van der Waals surface area (Å²) in [6, 6.07) is 0. The highest BCUT2D eigenvalue weighted by molar-refractivity contribution is 5.54. The number of ether oxygens (including phenoxy) is 1. The number of anilines is 1. The maximum absolute atomic E-state index is 5.81. The lowest BCUT2D eigenvalue weighted by molar-refractivity contribution is 0.375. The Morgan fingerprint density at radius 3 is 2.33 bits per heavy atom. The van der Waals surface area contributed by atoms with Crippen LogP contribution in [-0.4, -0.2) is 16.9 Å². The first kappa shape index (κ1) is 8.90. The Balaban J connectivity index is 3.17. The number of rotatable bonds is 2. The Morgan fingerprint density at radius 1 is 1.50 bits per heavy atom. The summed E-state index contributed by atoms with van der Waals surface area (Å²) in [6.07, 6.45) is 0. The fourth-order valence-electron chi connectivity index (χ4n) is 1.21. The second-order valence-corrected chi connectivity index (χ2v) is 3.09. The lowest BCUT2D eigenvalue weighted by atomic mass is 10.1. The van der Waals surface area contributed by atoms with Crippen molar-refractivity contribution in [1.29, 1.82) is 0 Å². The lowest BCUT2D eigenvalue weighted by Gasteiger charge is -2.00. The number of methoxy groups -OCH3 is 1. The summed E-state index contributed by atoms with van der Waals surface area (Å²) in [7, 11) is 3.42. The van der Waals surface area contributed by atoms with E-state index in [-0.39, 0.29) is 0 Å². The van der Waals surface area contributed by atoms with Crippen LogP contribution in [0.3, 0.4) is 0 Å². The fraction of sp³-hybridized carbons (Fsp3) is 0.625. The SMILES string of the molecule is COc1c(N)c(C(C)C)nn1C. The van der Waals surface area contributed by atoms with Gasteiger partial charge in [-0.05, 0) is 5.92 Å². The van der Waals surface area contributed by atoms with Crippen molar-refractivity contribution in [1.82, 2.24) is 9.78 Å². The molecule has 0 aliphatic rings. The summed E-state index contributed by atoms with van der Waals surface area (Å²) in [5.41, 5.74) is 7.35. The van der Waals surface area contributed by atoms with Crippen LogP contribution in [0.1, 0.15) is 25.5 Å². The monoisotopic (exact) mass is 169 g/mol. The minimum atomic E-state index is 0.333. The van der Waals surface area contributed by atoms with Gasteiger partial charge < -0.3 is 10.5 Å². The molecule has 1 rings (SSSR count). The van der Waals surface area contributed by atoms with Crippen LogP contribution in [0.15, 0.2) is 0 Å². The molecule has 0 atom stereocenters. The largest absolute Gasteiger partial charge is 0.480 e. The molecule has 0 radical (unpaired) electrons. The van der Waals surface area contributed by atoms with Crippen molar-refractivity contribution in [3.8, 4) is 5.88 Å². The van der Waals surface area contributed by atoms with Gasteiger partial charge in [-0.3, -0.25) is 0 Å². The maximum atomic E-state index is 5.81. The molecule has 0 spiro atoms. The van der Waals surface area contributed by atoms with Crippen molar-refractivity contribution in [3.05, 3.63) is 5.69 Å². The van der Waals surface area contributed by atoms with Gasteiger partial charge in [-0.2, -0.15) is 5.10 Å². The first-order valence-electron chi connectivity index (χ1n) is 3.94. The standard InChI is InChI=1S/C8H15N3O/c1-5(2)7-6(9)8(12-4)11(3)10-7/h5H,9H2,1-4H3.